The molecular weight excluding hydrogens is 208 g/mol. The molecule has 0 aliphatic heterocycles. The lowest BCUT2D eigenvalue weighted by Gasteiger charge is -2.29. The lowest BCUT2D eigenvalue weighted by atomic mass is 9.75. The van der Waals surface area contributed by atoms with Gasteiger partial charge in [-0.15, -0.1) is 0 Å². The van der Waals surface area contributed by atoms with Crippen LogP contribution in [0.1, 0.15) is 66.7 Å². The van der Waals surface area contributed by atoms with Gasteiger partial charge in [0.15, 0.2) is 0 Å². The maximum Gasteiger partial charge on any atom is 0.135 e. The molecule has 0 heterocycles. The third kappa shape index (κ3) is 4.29. The second kappa shape index (κ2) is 5.84. The fraction of sp³-hybridized carbons (Fsp3) is 0.812. The van der Waals surface area contributed by atoms with Gasteiger partial charge in [-0.05, 0) is 57.8 Å². The van der Waals surface area contributed by atoms with Gasteiger partial charge in [0.25, 0.3) is 0 Å². The number of ketones is 1. The molecule has 0 spiro atoms. The fourth-order valence-electron chi connectivity index (χ4n) is 2.50. The highest BCUT2D eigenvalue weighted by Gasteiger charge is 2.26. The summed E-state index contributed by atoms with van der Waals surface area (Å²) in [6.45, 7) is 10.5. The summed E-state index contributed by atoms with van der Waals surface area (Å²) in [5.74, 6) is 1.91. The first-order valence-electron chi connectivity index (χ1n) is 6.99. The highest BCUT2D eigenvalue weighted by Crippen LogP contribution is 2.34. The van der Waals surface area contributed by atoms with Gasteiger partial charge in [0.2, 0.25) is 0 Å². The van der Waals surface area contributed by atoms with Crippen LogP contribution in [-0.4, -0.2) is 5.78 Å². The van der Waals surface area contributed by atoms with Crippen molar-refractivity contribution in [1.82, 2.24) is 0 Å². The average Bonchev–Trinajstić information content (AvgIpc) is 2.27. The number of hydrogen-bond donors (Lipinski definition) is 0. The molecule has 0 amide bonds. The Morgan fingerprint density at radius 2 is 2.18 bits per heavy atom. The summed E-state index contributed by atoms with van der Waals surface area (Å²) in [4.78, 5) is 11.5. The summed E-state index contributed by atoms with van der Waals surface area (Å²) in [6.07, 6.45) is 8.47. The van der Waals surface area contributed by atoms with E-state index in [9.17, 15) is 4.79 Å². The van der Waals surface area contributed by atoms with Gasteiger partial charge >= 0.3 is 0 Å². The van der Waals surface area contributed by atoms with Crippen molar-refractivity contribution in [1.29, 1.82) is 0 Å². The summed E-state index contributed by atoms with van der Waals surface area (Å²) in [6, 6.07) is 0. The summed E-state index contributed by atoms with van der Waals surface area (Å²) in [7, 11) is 0. The minimum absolute atomic E-state index is 0.130. The molecule has 1 heteroatoms. The lowest BCUT2D eigenvalue weighted by Crippen LogP contribution is -2.23. The molecule has 0 saturated heterocycles. The number of allylic oxidation sites excluding steroid dienone is 2. The summed E-state index contributed by atoms with van der Waals surface area (Å²) in [5.41, 5.74) is 1.42. The van der Waals surface area contributed by atoms with Crippen LogP contribution in [0.4, 0.5) is 0 Å². The summed E-state index contributed by atoms with van der Waals surface area (Å²) < 4.78 is 0. The van der Waals surface area contributed by atoms with Crippen molar-refractivity contribution >= 4 is 5.78 Å². The van der Waals surface area contributed by atoms with Crippen LogP contribution in [-0.2, 0) is 4.79 Å². The number of Topliss-reactive ketones (excluding diaryl/α,β-unsaturated/α-hetero) is 1. The van der Waals surface area contributed by atoms with Gasteiger partial charge in [0.1, 0.15) is 5.78 Å². The van der Waals surface area contributed by atoms with Crippen LogP contribution in [0.5, 0.6) is 0 Å². The van der Waals surface area contributed by atoms with Gasteiger partial charge in [-0.2, -0.15) is 0 Å². The maximum absolute atomic E-state index is 11.5. The first-order chi connectivity index (χ1) is 7.83. The van der Waals surface area contributed by atoms with Gasteiger partial charge in [0, 0.05) is 5.41 Å². The van der Waals surface area contributed by atoms with Crippen LogP contribution in [0.2, 0.25) is 0 Å². The van der Waals surface area contributed by atoms with Crippen molar-refractivity contribution < 1.29 is 4.79 Å². The Hall–Kier alpha value is -0.590. The molecule has 0 radical (unpaired) electrons. The van der Waals surface area contributed by atoms with Crippen LogP contribution in [0.3, 0.4) is 0 Å². The highest BCUT2D eigenvalue weighted by molar-refractivity contribution is 5.81. The Labute approximate surface area is 107 Å². The van der Waals surface area contributed by atoms with E-state index in [-0.39, 0.29) is 5.41 Å². The van der Waals surface area contributed by atoms with Crippen molar-refractivity contribution in [3.63, 3.8) is 0 Å². The Kier molecular flexibility index (Phi) is 4.97. The lowest BCUT2D eigenvalue weighted by molar-refractivity contribution is -0.125. The number of hydrogen-bond acceptors (Lipinski definition) is 1. The van der Waals surface area contributed by atoms with E-state index < -0.39 is 0 Å². The van der Waals surface area contributed by atoms with Crippen molar-refractivity contribution in [3.8, 4) is 0 Å². The normalized spacial score (nSPS) is 23.1. The van der Waals surface area contributed by atoms with Crippen LogP contribution < -0.4 is 0 Å². The van der Waals surface area contributed by atoms with E-state index in [1.54, 1.807) is 12.5 Å². The average molecular weight is 236 g/mol. The number of carbonyl (C=O) groups is 1. The third-order valence-electron chi connectivity index (χ3n) is 4.66. The van der Waals surface area contributed by atoms with Gasteiger partial charge < -0.3 is 0 Å². The molecule has 0 saturated carbocycles. The van der Waals surface area contributed by atoms with Crippen molar-refractivity contribution in [2.75, 3.05) is 0 Å². The minimum atomic E-state index is -0.130. The molecule has 1 aliphatic carbocycles. The van der Waals surface area contributed by atoms with Gasteiger partial charge in [-0.1, -0.05) is 32.4 Å². The third-order valence-corrected chi connectivity index (χ3v) is 4.66. The number of carbonyl (C=O) groups excluding carboxylic acids is 1. The zero-order valence-corrected chi connectivity index (χ0v) is 12.2. The first-order valence-corrected chi connectivity index (χ1v) is 6.99. The highest BCUT2D eigenvalue weighted by atomic mass is 16.1. The topological polar surface area (TPSA) is 17.1 Å². The SMILES string of the molecule is CC(=O)C(C)(C)CC[C@@H](C)[C@@H]1CC=C(C)CC1. The molecule has 0 aromatic heterocycles. The molecule has 0 aromatic carbocycles. The standard InChI is InChI=1S/C16H28O/c1-12-6-8-15(9-7-12)13(2)10-11-16(4,5)14(3)17/h6,13,15H,7-11H2,1-5H3/t13-,15-/m1/s1. The monoisotopic (exact) mass is 236 g/mol. The molecule has 0 N–H and O–H groups in total. The van der Waals surface area contributed by atoms with E-state index in [4.69, 9.17) is 0 Å². The fourth-order valence-corrected chi connectivity index (χ4v) is 2.50. The van der Waals surface area contributed by atoms with Crippen molar-refractivity contribution in [2.45, 2.75) is 66.7 Å². The van der Waals surface area contributed by atoms with Gasteiger partial charge in [0.05, 0.1) is 0 Å². The van der Waals surface area contributed by atoms with E-state index in [0.717, 1.165) is 18.3 Å². The molecule has 17 heavy (non-hydrogen) atoms. The Morgan fingerprint density at radius 3 is 2.65 bits per heavy atom. The molecular formula is C16H28O. The maximum atomic E-state index is 11.5. The van der Waals surface area contributed by atoms with E-state index >= 15 is 0 Å². The van der Waals surface area contributed by atoms with E-state index in [2.05, 4.69) is 33.8 Å². The van der Waals surface area contributed by atoms with E-state index in [1.165, 1.54) is 25.7 Å². The smallest absolute Gasteiger partial charge is 0.135 e. The second-order valence-electron chi connectivity index (χ2n) is 6.54. The summed E-state index contributed by atoms with van der Waals surface area (Å²) >= 11 is 0. The molecule has 1 nitrogen and oxygen atoms in total. The van der Waals surface area contributed by atoms with E-state index in [1.807, 2.05) is 0 Å². The molecule has 0 fully saturated rings. The van der Waals surface area contributed by atoms with Gasteiger partial charge in [-0.25, -0.2) is 0 Å². The Morgan fingerprint density at radius 1 is 1.53 bits per heavy atom. The van der Waals surface area contributed by atoms with Crippen LogP contribution in [0.25, 0.3) is 0 Å². The molecule has 2 atom stereocenters. The summed E-state index contributed by atoms with van der Waals surface area (Å²) in [5, 5.41) is 0. The molecule has 0 aromatic rings. The largest absolute Gasteiger partial charge is 0.299 e. The predicted octanol–water partition coefficient (Wildman–Crippen LogP) is 4.76. The van der Waals surface area contributed by atoms with Crippen LogP contribution >= 0.6 is 0 Å². The van der Waals surface area contributed by atoms with Crippen LogP contribution in [0.15, 0.2) is 11.6 Å². The quantitative estimate of drug-likeness (QED) is 0.629. The zero-order chi connectivity index (χ0) is 13.1. The second-order valence-corrected chi connectivity index (χ2v) is 6.54. The Bertz CT molecular complexity index is 299. The predicted molar refractivity (Wildman–Crippen MR) is 74.0 cm³/mol. The van der Waals surface area contributed by atoms with Crippen molar-refractivity contribution in [2.24, 2.45) is 17.3 Å². The molecule has 1 aliphatic rings. The molecule has 1 rings (SSSR count). The van der Waals surface area contributed by atoms with Crippen molar-refractivity contribution in [3.05, 3.63) is 11.6 Å². The Balaban J connectivity index is 2.40. The molecule has 98 valence electrons. The zero-order valence-electron chi connectivity index (χ0n) is 12.2. The van der Waals surface area contributed by atoms with Crippen LogP contribution in [0, 0.1) is 17.3 Å². The number of rotatable bonds is 5. The van der Waals surface area contributed by atoms with E-state index in [0.29, 0.717) is 5.78 Å². The minimum Gasteiger partial charge on any atom is -0.299 e. The first kappa shape index (κ1) is 14.5. The molecule has 0 unspecified atom stereocenters. The van der Waals surface area contributed by atoms with Gasteiger partial charge in [-0.3, -0.25) is 4.79 Å². The molecule has 0 bridgehead atoms.